The van der Waals surface area contributed by atoms with Crippen LogP contribution in [-0.4, -0.2) is 17.9 Å². The van der Waals surface area contributed by atoms with E-state index in [0.717, 1.165) is 6.07 Å². The Hall–Kier alpha value is -4.82. The molecule has 0 aliphatic rings. The number of allylic oxidation sites excluding steroid dienone is 1. The maximum absolute atomic E-state index is 13.1. The molecular weight excluding hydrogens is 539 g/mol. The molecule has 200 valence electrons. The monoisotopic (exact) mass is 557 g/mol. The number of amides is 1. The number of carbonyl (C=O) groups is 1. The zero-order valence-corrected chi connectivity index (χ0v) is 21.0. The maximum Gasteiger partial charge on any atom is 0.416 e. The van der Waals surface area contributed by atoms with Crippen molar-refractivity contribution in [3.63, 3.8) is 0 Å². The van der Waals surface area contributed by atoms with Gasteiger partial charge in [-0.05, 0) is 66.6 Å². The standard InChI is InChI=1S/C27H19ClF3N3O5/c1-3-4-17-11-16(12-18(15-32)26(35)33-21-8-6-20(28)7-9-21)13-24(38-2)25(17)39-23-10-5-19(27(29,30)31)14-22(23)34(36)37/h3,5-14H,1,4H2,2H3,(H,33,35)/b18-12+. The quantitative estimate of drug-likeness (QED) is 0.0967. The highest BCUT2D eigenvalue weighted by atomic mass is 35.5. The van der Waals surface area contributed by atoms with Crippen LogP contribution in [-0.2, 0) is 17.4 Å². The van der Waals surface area contributed by atoms with Gasteiger partial charge in [0.15, 0.2) is 11.5 Å². The van der Waals surface area contributed by atoms with Gasteiger partial charge in [-0.2, -0.15) is 18.4 Å². The number of nitro groups is 1. The molecule has 0 aromatic heterocycles. The zero-order valence-electron chi connectivity index (χ0n) is 20.2. The Morgan fingerprint density at radius 1 is 1.18 bits per heavy atom. The molecule has 0 bridgehead atoms. The third kappa shape index (κ3) is 7.15. The molecule has 1 N–H and O–H groups in total. The molecule has 12 heteroatoms. The number of nitriles is 1. The number of alkyl halides is 3. The summed E-state index contributed by atoms with van der Waals surface area (Å²) in [4.78, 5) is 23.2. The Bertz CT molecular complexity index is 1500. The fourth-order valence-corrected chi connectivity index (χ4v) is 3.55. The van der Waals surface area contributed by atoms with Gasteiger partial charge in [-0.3, -0.25) is 14.9 Å². The van der Waals surface area contributed by atoms with Crippen LogP contribution in [0.25, 0.3) is 6.08 Å². The molecule has 3 rings (SSSR count). The van der Waals surface area contributed by atoms with Crippen molar-refractivity contribution in [1.82, 2.24) is 0 Å². The fourth-order valence-electron chi connectivity index (χ4n) is 3.42. The minimum Gasteiger partial charge on any atom is -0.493 e. The summed E-state index contributed by atoms with van der Waals surface area (Å²) in [5.74, 6) is -1.10. The summed E-state index contributed by atoms with van der Waals surface area (Å²) < 4.78 is 50.3. The molecule has 0 spiro atoms. The highest BCUT2D eigenvalue weighted by Crippen LogP contribution is 2.42. The Balaban J connectivity index is 2.03. The van der Waals surface area contributed by atoms with Crippen molar-refractivity contribution >= 4 is 35.0 Å². The lowest BCUT2D eigenvalue weighted by Crippen LogP contribution is -2.13. The van der Waals surface area contributed by atoms with Crippen molar-refractivity contribution in [2.24, 2.45) is 0 Å². The molecule has 39 heavy (non-hydrogen) atoms. The fraction of sp³-hybridized carbons (Fsp3) is 0.111. The normalized spacial score (nSPS) is 11.3. The van der Waals surface area contributed by atoms with Crippen molar-refractivity contribution in [2.45, 2.75) is 12.6 Å². The Labute approximate surface area is 225 Å². The number of hydrogen-bond donors (Lipinski definition) is 1. The average molecular weight is 558 g/mol. The summed E-state index contributed by atoms with van der Waals surface area (Å²) in [6.07, 6.45) is -1.85. The highest BCUT2D eigenvalue weighted by Gasteiger charge is 2.33. The number of nitrogens with one attached hydrogen (secondary N) is 1. The summed E-state index contributed by atoms with van der Waals surface area (Å²) in [5.41, 5.74) is -1.21. The first-order valence-electron chi connectivity index (χ1n) is 11.0. The lowest BCUT2D eigenvalue weighted by Gasteiger charge is -2.16. The molecule has 8 nitrogen and oxygen atoms in total. The Kier molecular flexibility index (Phi) is 8.96. The van der Waals surface area contributed by atoms with E-state index in [1.54, 1.807) is 24.3 Å². The molecule has 0 radical (unpaired) electrons. The number of benzene rings is 3. The molecule has 1 amide bonds. The van der Waals surface area contributed by atoms with E-state index in [9.17, 15) is 33.3 Å². The van der Waals surface area contributed by atoms with Crippen molar-refractivity contribution in [2.75, 3.05) is 12.4 Å². The second kappa shape index (κ2) is 12.1. The van der Waals surface area contributed by atoms with Crippen LogP contribution in [0.3, 0.4) is 0 Å². The van der Waals surface area contributed by atoms with Crippen LogP contribution in [0, 0.1) is 21.4 Å². The van der Waals surface area contributed by atoms with Gasteiger partial charge in [0, 0.05) is 22.3 Å². The largest absolute Gasteiger partial charge is 0.493 e. The van der Waals surface area contributed by atoms with Gasteiger partial charge in [0.25, 0.3) is 5.91 Å². The number of nitrogens with zero attached hydrogens (tertiary/aromatic N) is 2. The van der Waals surface area contributed by atoms with E-state index in [1.807, 2.05) is 6.07 Å². The van der Waals surface area contributed by atoms with Gasteiger partial charge in [0.2, 0.25) is 5.75 Å². The lowest BCUT2D eigenvalue weighted by atomic mass is 10.0. The van der Waals surface area contributed by atoms with Gasteiger partial charge in [0.1, 0.15) is 11.6 Å². The minimum atomic E-state index is -4.79. The minimum absolute atomic E-state index is 0.0125. The summed E-state index contributed by atoms with van der Waals surface area (Å²) in [7, 11) is 1.28. The van der Waals surface area contributed by atoms with Gasteiger partial charge < -0.3 is 14.8 Å². The van der Waals surface area contributed by atoms with Crippen molar-refractivity contribution in [3.05, 3.63) is 105 Å². The molecule has 0 saturated heterocycles. The SMILES string of the molecule is C=CCc1cc(/C=C(\C#N)C(=O)Nc2ccc(Cl)cc2)cc(OC)c1Oc1ccc(C(F)(F)F)cc1[N+](=O)[O-]. The molecule has 0 atom stereocenters. The van der Waals surface area contributed by atoms with Crippen LogP contribution in [0.1, 0.15) is 16.7 Å². The second-order valence-electron chi connectivity index (χ2n) is 7.87. The first-order valence-corrected chi connectivity index (χ1v) is 11.4. The van der Waals surface area contributed by atoms with E-state index in [1.165, 1.54) is 31.4 Å². The van der Waals surface area contributed by atoms with E-state index in [0.29, 0.717) is 34.0 Å². The third-order valence-corrected chi connectivity index (χ3v) is 5.46. The van der Waals surface area contributed by atoms with Gasteiger partial charge in [-0.1, -0.05) is 17.7 Å². The summed E-state index contributed by atoms with van der Waals surface area (Å²) in [6, 6.07) is 12.9. The predicted molar refractivity (Wildman–Crippen MR) is 139 cm³/mol. The van der Waals surface area contributed by atoms with Gasteiger partial charge in [-0.15, -0.1) is 6.58 Å². The van der Waals surface area contributed by atoms with E-state index in [4.69, 9.17) is 21.1 Å². The van der Waals surface area contributed by atoms with Gasteiger partial charge in [-0.25, -0.2) is 0 Å². The number of rotatable bonds is 9. The number of nitro benzene ring substituents is 1. The van der Waals surface area contributed by atoms with Crippen molar-refractivity contribution < 1.29 is 32.4 Å². The van der Waals surface area contributed by atoms with Crippen LogP contribution in [0.15, 0.2) is 72.8 Å². The first kappa shape index (κ1) is 28.7. The molecule has 0 saturated carbocycles. The topological polar surface area (TPSA) is 114 Å². The number of ether oxygens (including phenoxy) is 2. The van der Waals surface area contributed by atoms with Crippen molar-refractivity contribution in [1.29, 1.82) is 5.26 Å². The Morgan fingerprint density at radius 2 is 1.87 bits per heavy atom. The third-order valence-electron chi connectivity index (χ3n) is 5.21. The number of methoxy groups -OCH3 is 1. The van der Waals surface area contributed by atoms with Gasteiger partial charge in [0.05, 0.1) is 17.6 Å². The maximum atomic E-state index is 13.1. The Morgan fingerprint density at radius 3 is 2.44 bits per heavy atom. The molecule has 0 aliphatic carbocycles. The number of hydrogen-bond acceptors (Lipinski definition) is 6. The van der Waals surface area contributed by atoms with Crippen LogP contribution in [0.5, 0.6) is 17.2 Å². The highest BCUT2D eigenvalue weighted by molar-refractivity contribution is 6.30. The van der Waals surface area contributed by atoms with Crippen LogP contribution in [0.4, 0.5) is 24.5 Å². The van der Waals surface area contributed by atoms with E-state index in [-0.39, 0.29) is 23.5 Å². The molecule has 0 fully saturated rings. The summed E-state index contributed by atoms with van der Waals surface area (Å²) in [5, 5.41) is 24.1. The van der Waals surface area contributed by atoms with E-state index in [2.05, 4.69) is 11.9 Å². The van der Waals surface area contributed by atoms with E-state index >= 15 is 0 Å². The average Bonchev–Trinajstić information content (AvgIpc) is 2.89. The summed E-state index contributed by atoms with van der Waals surface area (Å²) >= 11 is 5.84. The molecule has 0 heterocycles. The van der Waals surface area contributed by atoms with E-state index < -0.39 is 34.0 Å². The van der Waals surface area contributed by atoms with Crippen LogP contribution < -0.4 is 14.8 Å². The predicted octanol–water partition coefficient (Wildman–Crippen LogP) is 7.34. The molecule has 3 aromatic rings. The lowest BCUT2D eigenvalue weighted by molar-refractivity contribution is -0.385. The molecule has 0 aliphatic heterocycles. The molecule has 0 unspecified atom stereocenters. The van der Waals surface area contributed by atoms with Gasteiger partial charge >= 0.3 is 11.9 Å². The van der Waals surface area contributed by atoms with Crippen molar-refractivity contribution in [3.8, 4) is 23.3 Å². The number of carbonyl (C=O) groups excluding carboxylic acids is 1. The molecular formula is C27H19ClF3N3O5. The van der Waals surface area contributed by atoms with Crippen LogP contribution >= 0.6 is 11.6 Å². The smallest absolute Gasteiger partial charge is 0.416 e. The summed E-state index contributed by atoms with van der Waals surface area (Å²) in [6.45, 7) is 3.66. The number of halogens is 4. The number of anilines is 1. The second-order valence-corrected chi connectivity index (χ2v) is 8.31. The first-order chi connectivity index (χ1) is 18.5. The zero-order chi connectivity index (χ0) is 28.7. The molecule has 3 aromatic carbocycles. The van der Waals surface area contributed by atoms with Crippen LogP contribution in [0.2, 0.25) is 5.02 Å².